The molecule has 0 aromatic heterocycles. The molecule has 70 valence electrons. The van der Waals surface area contributed by atoms with Gasteiger partial charge < -0.3 is 5.73 Å². The molecular formula is C10H20N2. The van der Waals surface area contributed by atoms with Crippen LogP contribution in [0.4, 0.5) is 0 Å². The molecule has 0 radical (unpaired) electrons. The van der Waals surface area contributed by atoms with Gasteiger partial charge >= 0.3 is 0 Å². The Balaban J connectivity index is 2.16. The Morgan fingerprint density at radius 2 is 2.33 bits per heavy atom. The van der Waals surface area contributed by atoms with Crippen molar-refractivity contribution < 1.29 is 0 Å². The predicted octanol–water partition coefficient (Wildman–Crippen LogP) is 1.23. The summed E-state index contributed by atoms with van der Waals surface area (Å²) < 4.78 is 0. The maximum atomic E-state index is 5.50. The first-order chi connectivity index (χ1) is 5.83. The van der Waals surface area contributed by atoms with Crippen molar-refractivity contribution in [2.24, 2.45) is 11.7 Å². The van der Waals surface area contributed by atoms with Crippen molar-refractivity contribution in [2.75, 3.05) is 26.2 Å². The molecule has 0 fully saturated rings. The monoisotopic (exact) mass is 168 g/mol. The van der Waals surface area contributed by atoms with E-state index in [1.165, 1.54) is 19.5 Å². The van der Waals surface area contributed by atoms with E-state index in [9.17, 15) is 0 Å². The molecular weight excluding hydrogens is 148 g/mol. The van der Waals surface area contributed by atoms with E-state index in [1.54, 1.807) is 0 Å². The van der Waals surface area contributed by atoms with Crippen LogP contribution in [0.1, 0.15) is 19.8 Å². The molecule has 1 rings (SSSR count). The zero-order valence-electron chi connectivity index (χ0n) is 8.00. The molecule has 2 N–H and O–H groups in total. The predicted molar refractivity (Wildman–Crippen MR) is 53.0 cm³/mol. The van der Waals surface area contributed by atoms with Gasteiger partial charge in [-0.2, -0.15) is 0 Å². The molecule has 0 bridgehead atoms. The molecule has 2 heteroatoms. The maximum absolute atomic E-state index is 5.50. The lowest BCUT2D eigenvalue weighted by molar-refractivity contribution is 0.252. The van der Waals surface area contributed by atoms with Gasteiger partial charge in [0.2, 0.25) is 0 Å². The molecule has 0 saturated heterocycles. The summed E-state index contributed by atoms with van der Waals surface area (Å²) in [7, 11) is 0. The first kappa shape index (κ1) is 9.75. The number of hydrogen-bond acceptors (Lipinski definition) is 2. The normalized spacial score (nSPS) is 21.2. The minimum Gasteiger partial charge on any atom is -0.330 e. The number of nitrogens with two attached hydrogens (primary N) is 1. The van der Waals surface area contributed by atoms with Gasteiger partial charge in [0, 0.05) is 19.6 Å². The van der Waals surface area contributed by atoms with Crippen LogP contribution in [0.5, 0.6) is 0 Å². The second kappa shape index (κ2) is 5.33. The standard InChI is InChI=1S/C10H20N2/c1-10(5-6-11)9-12-7-3-2-4-8-12/h2-3,10H,4-9,11H2,1H3. The minimum absolute atomic E-state index is 0.751. The van der Waals surface area contributed by atoms with Gasteiger partial charge in [-0.25, -0.2) is 0 Å². The van der Waals surface area contributed by atoms with E-state index in [-0.39, 0.29) is 0 Å². The highest BCUT2D eigenvalue weighted by Crippen LogP contribution is 2.07. The van der Waals surface area contributed by atoms with Crippen LogP contribution in [-0.4, -0.2) is 31.1 Å². The lowest BCUT2D eigenvalue weighted by atomic mass is 10.1. The molecule has 0 aromatic rings. The molecule has 2 nitrogen and oxygen atoms in total. The summed E-state index contributed by atoms with van der Waals surface area (Å²) in [5, 5.41) is 0. The topological polar surface area (TPSA) is 29.3 Å². The van der Waals surface area contributed by atoms with Crippen LogP contribution in [0.25, 0.3) is 0 Å². The summed E-state index contributed by atoms with van der Waals surface area (Å²) in [6, 6.07) is 0. The molecule has 1 aliphatic rings. The smallest absolute Gasteiger partial charge is 0.0163 e. The van der Waals surface area contributed by atoms with Crippen molar-refractivity contribution in [3.63, 3.8) is 0 Å². The van der Waals surface area contributed by atoms with Crippen LogP contribution in [0.15, 0.2) is 12.2 Å². The van der Waals surface area contributed by atoms with Crippen LogP contribution in [0, 0.1) is 5.92 Å². The SMILES string of the molecule is CC(CCN)CN1CC=CCC1. The van der Waals surface area contributed by atoms with Crippen LogP contribution < -0.4 is 5.73 Å². The molecule has 1 atom stereocenters. The largest absolute Gasteiger partial charge is 0.330 e. The first-order valence-corrected chi connectivity index (χ1v) is 4.90. The second-order valence-electron chi connectivity index (χ2n) is 3.70. The summed E-state index contributed by atoms with van der Waals surface area (Å²) in [5.74, 6) is 0.751. The quantitative estimate of drug-likeness (QED) is 0.640. The van der Waals surface area contributed by atoms with Crippen molar-refractivity contribution in [3.8, 4) is 0 Å². The molecule has 0 spiro atoms. The summed E-state index contributed by atoms with van der Waals surface area (Å²) >= 11 is 0. The van der Waals surface area contributed by atoms with Crippen molar-refractivity contribution in [1.82, 2.24) is 4.90 Å². The fraction of sp³-hybridized carbons (Fsp3) is 0.800. The highest BCUT2D eigenvalue weighted by molar-refractivity contribution is 4.90. The van der Waals surface area contributed by atoms with Gasteiger partial charge in [-0.05, 0) is 25.3 Å². The summed E-state index contributed by atoms with van der Waals surface area (Å²) in [6.45, 7) is 6.68. The van der Waals surface area contributed by atoms with Gasteiger partial charge in [-0.1, -0.05) is 19.1 Å². The van der Waals surface area contributed by atoms with Gasteiger partial charge in [0.15, 0.2) is 0 Å². The summed E-state index contributed by atoms with van der Waals surface area (Å²) in [5.41, 5.74) is 5.50. The van der Waals surface area contributed by atoms with E-state index >= 15 is 0 Å². The van der Waals surface area contributed by atoms with Crippen molar-refractivity contribution in [1.29, 1.82) is 0 Å². The summed E-state index contributed by atoms with van der Waals surface area (Å²) in [4.78, 5) is 2.50. The molecule has 0 aliphatic carbocycles. The Hall–Kier alpha value is -0.340. The molecule has 12 heavy (non-hydrogen) atoms. The maximum Gasteiger partial charge on any atom is 0.0163 e. The van der Waals surface area contributed by atoms with E-state index in [0.29, 0.717) is 0 Å². The van der Waals surface area contributed by atoms with E-state index in [2.05, 4.69) is 24.0 Å². The average Bonchev–Trinajstić information content (AvgIpc) is 2.06. The lowest BCUT2D eigenvalue weighted by Crippen LogP contribution is -2.32. The van der Waals surface area contributed by atoms with Crippen molar-refractivity contribution in [2.45, 2.75) is 19.8 Å². The molecule has 0 amide bonds. The van der Waals surface area contributed by atoms with Crippen LogP contribution >= 0.6 is 0 Å². The van der Waals surface area contributed by atoms with Crippen LogP contribution in [0.3, 0.4) is 0 Å². The van der Waals surface area contributed by atoms with E-state index in [1.807, 2.05) is 0 Å². The van der Waals surface area contributed by atoms with Gasteiger partial charge in [0.1, 0.15) is 0 Å². The molecule has 0 aromatic carbocycles. The zero-order chi connectivity index (χ0) is 8.81. The lowest BCUT2D eigenvalue weighted by Gasteiger charge is -2.25. The van der Waals surface area contributed by atoms with E-state index in [0.717, 1.165) is 25.4 Å². The number of rotatable bonds is 4. The number of hydrogen-bond donors (Lipinski definition) is 1. The average molecular weight is 168 g/mol. The van der Waals surface area contributed by atoms with Gasteiger partial charge in [0.05, 0.1) is 0 Å². The highest BCUT2D eigenvalue weighted by atomic mass is 15.1. The fourth-order valence-corrected chi connectivity index (χ4v) is 1.67. The van der Waals surface area contributed by atoms with Gasteiger partial charge in [-0.15, -0.1) is 0 Å². The fourth-order valence-electron chi connectivity index (χ4n) is 1.67. The molecule has 1 heterocycles. The third-order valence-corrected chi connectivity index (χ3v) is 2.37. The summed E-state index contributed by atoms with van der Waals surface area (Å²) in [6.07, 6.45) is 6.90. The third kappa shape index (κ3) is 3.37. The van der Waals surface area contributed by atoms with E-state index < -0.39 is 0 Å². The molecule has 1 aliphatic heterocycles. The van der Waals surface area contributed by atoms with Crippen molar-refractivity contribution in [3.05, 3.63) is 12.2 Å². The molecule has 0 saturated carbocycles. The third-order valence-electron chi connectivity index (χ3n) is 2.37. The Labute approximate surface area is 75.4 Å². The van der Waals surface area contributed by atoms with Crippen molar-refractivity contribution >= 4 is 0 Å². The second-order valence-corrected chi connectivity index (χ2v) is 3.70. The van der Waals surface area contributed by atoms with E-state index in [4.69, 9.17) is 5.73 Å². The zero-order valence-corrected chi connectivity index (χ0v) is 8.00. The molecule has 1 unspecified atom stereocenters. The van der Waals surface area contributed by atoms with Crippen LogP contribution in [-0.2, 0) is 0 Å². The van der Waals surface area contributed by atoms with Crippen LogP contribution in [0.2, 0.25) is 0 Å². The highest BCUT2D eigenvalue weighted by Gasteiger charge is 2.09. The Morgan fingerprint density at radius 1 is 1.50 bits per heavy atom. The minimum atomic E-state index is 0.751. The Morgan fingerprint density at radius 3 is 2.92 bits per heavy atom. The Bertz CT molecular complexity index is 143. The van der Waals surface area contributed by atoms with Gasteiger partial charge in [-0.3, -0.25) is 4.90 Å². The number of nitrogens with zero attached hydrogens (tertiary/aromatic N) is 1. The first-order valence-electron chi connectivity index (χ1n) is 4.90. The Kier molecular flexibility index (Phi) is 4.33. The van der Waals surface area contributed by atoms with Gasteiger partial charge in [0.25, 0.3) is 0 Å².